The maximum absolute atomic E-state index is 13.2. The van der Waals surface area contributed by atoms with Crippen LogP contribution in [0.1, 0.15) is 0 Å². The average Bonchev–Trinajstić information content (AvgIpc) is 3.43. The fourth-order valence-corrected chi connectivity index (χ4v) is 4.42. The van der Waals surface area contributed by atoms with Gasteiger partial charge in [-0.15, -0.1) is 0 Å². The van der Waals surface area contributed by atoms with E-state index in [1.54, 1.807) is 24.4 Å². The Balaban J connectivity index is 1.61. The van der Waals surface area contributed by atoms with Crippen LogP contribution < -0.4 is 20.5 Å². The molecule has 0 amide bonds. The maximum Gasteiger partial charge on any atom is 0.256 e. The number of pyridine rings is 2. The summed E-state index contributed by atoms with van der Waals surface area (Å²) >= 11 is 0. The Morgan fingerprint density at radius 3 is 2.64 bits per heavy atom. The lowest BCUT2D eigenvalue weighted by atomic mass is 10.0. The van der Waals surface area contributed by atoms with Gasteiger partial charge in [0.25, 0.3) is 5.56 Å². The van der Waals surface area contributed by atoms with Crippen LogP contribution in [-0.4, -0.2) is 38.5 Å². The molecule has 1 aliphatic rings. The fourth-order valence-electron chi connectivity index (χ4n) is 4.42. The maximum atomic E-state index is 13.2. The molecule has 7 rings (SSSR count). The highest BCUT2D eigenvalue weighted by Crippen LogP contribution is 2.40. The van der Waals surface area contributed by atoms with Gasteiger partial charge in [0.2, 0.25) is 11.2 Å². The summed E-state index contributed by atoms with van der Waals surface area (Å²) in [5.41, 5.74) is 1.75. The normalized spacial score (nSPS) is 13.5. The van der Waals surface area contributed by atoms with E-state index in [1.165, 1.54) is 6.07 Å². The number of aromatic hydroxyl groups is 1. The first kappa shape index (κ1) is 17.9. The van der Waals surface area contributed by atoms with Crippen LogP contribution in [0.25, 0.3) is 55.1 Å². The monoisotopic (exact) mass is 442 g/mol. The molecule has 0 unspecified atom stereocenters. The number of fused-ring (bicyclic) bond motifs is 6. The molecule has 5 heterocycles. The second-order valence-electron chi connectivity index (χ2n) is 7.83. The number of aromatic amines is 3. The van der Waals surface area contributed by atoms with Crippen LogP contribution in [0.5, 0.6) is 17.2 Å². The van der Waals surface area contributed by atoms with Crippen LogP contribution in [0.4, 0.5) is 0 Å². The molecule has 0 bridgehead atoms. The standard InChI is InChI=1S/C23H14N4O6/c28-14-2-1-10-18-21(33-20(10)19(14)29)17(12-8-24-27-22(12)26-18)11-5-9-6-15-16(32-4-3-31-15)7-13(9)25-23(11)30/h1-2,5-8,29H,3-4H2,(H,25,30)(H2,24,26,27). The highest BCUT2D eigenvalue weighted by molar-refractivity contribution is 6.15. The predicted molar refractivity (Wildman–Crippen MR) is 120 cm³/mol. The van der Waals surface area contributed by atoms with Crippen molar-refractivity contribution in [2.45, 2.75) is 0 Å². The third-order valence-corrected chi connectivity index (χ3v) is 5.93. The Bertz CT molecular complexity index is 1890. The smallest absolute Gasteiger partial charge is 0.256 e. The van der Waals surface area contributed by atoms with Crippen molar-refractivity contribution in [2.75, 3.05) is 13.2 Å². The number of nitrogens with one attached hydrogen (secondary N) is 3. The lowest BCUT2D eigenvalue weighted by molar-refractivity contribution is 0.172. The summed E-state index contributed by atoms with van der Waals surface area (Å²) in [6.45, 7) is 0.894. The molecule has 162 valence electrons. The number of ether oxygens (including phenoxy) is 2. The largest absolute Gasteiger partial charge is 0.502 e. The van der Waals surface area contributed by atoms with Crippen LogP contribution in [0, 0.1) is 0 Å². The van der Waals surface area contributed by atoms with Gasteiger partial charge >= 0.3 is 0 Å². The van der Waals surface area contributed by atoms with Crippen LogP contribution in [0.3, 0.4) is 0 Å². The summed E-state index contributed by atoms with van der Waals surface area (Å²) < 4.78 is 17.3. The zero-order chi connectivity index (χ0) is 22.3. The van der Waals surface area contributed by atoms with E-state index in [4.69, 9.17) is 13.9 Å². The molecule has 10 heteroatoms. The molecule has 0 spiro atoms. The van der Waals surface area contributed by atoms with Gasteiger partial charge in [-0.25, -0.2) is 4.98 Å². The molecular formula is C23H14N4O6. The van der Waals surface area contributed by atoms with E-state index < -0.39 is 11.2 Å². The van der Waals surface area contributed by atoms with Gasteiger partial charge in [0.1, 0.15) is 18.7 Å². The third kappa shape index (κ3) is 2.39. The lowest BCUT2D eigenvalue weighted by Crippen LogP contribution is -2.16. The van der Waals surface area contributed by atoms with Gasteiger partial charge in [0.15, 0.2) is 28.3 Å². The molecule has 10 nitrogen and oxygen atoms in total. The molecule has 2 aromatic carbocycles. The number of benzene rings is 2. The Labute approximate surface area is 182 Å². The summed E-state index contributed by atoms with van der Waals surface area (Å²) in [6, 6.07) is 8.11. The summed E-state index contributed by atoms with van der Waals surface area (Å²) in [4.78, 5) is 32.7. The van der Waals surface area contributed by atoms with Gasteiger partial charge in [-0.3, -0.25) is 14.7 Å². The quantitative estimate of drug-likeness (QED) is 0.306. The van der Waals surface area contributed by atoms with E-state index >= 15 is 0 Å². The number of nitrogens with zero attached hydrogens (tertiary/aromatic N) is 1. The molecule has 4 N–H and O–H groups in total. The molecule has 0 atom stereocenters. The second kappa shape index (κ2) is 6.16. The summed E-state index contributed by atoms with van der Waals surface area (Å²) in [5.74, 6) is 0.679. The molecule has 0 saturated carbocycles. The van der Waals surface area contributed by atoms with Crippen molar-refractivity contribution in [2.24, 2.45) is 0 Å². The van der Waals surface area contributed by atoms with E-state index in [0.717, 1.165) is 5.39 Å². The van der Waals surface area contributed by atoms with Crippen molar-refractivity contribution in [3.05, 3.63) is 57.1 Å². The van der Waals surface area contributed by atoms with Crippen LogP contribution in [0.15, 0.2) is 50.5 Å². The minimum atomic E-state index is -0.558. The lowest BCUT2D eigenvalue weighted by Gasteiger charge is -2.19. The second-order valence-corrected chi connectivity index (χ2v) is 7.83. The Hall–Kier alpha value is -4.73. The zero-order valence-electron chi connectivity index (χ0n) is 16.8. The molecule has 1 aliphatic heterocycles. The highest BCUT2D eigenvalue weighted by Gasteiger charge is 2.23. The number of phenolic OH excluding ortho intramolecular Hbond substituents is 1. The average molecular weight is 442 g/mol. The molecule has 0 radical (unpaired) electrons. The number of hydrogen-bond donors (Lipinski definition) is 4. The van der Waals surface area contributed by atoms with Crippen LogP contribution in [-0.2, 0) is 0 Å². The van der Waals surface area contributed by atoms with Crippen molar-refractivity contribution < 1.29 is 19.0 Å². The van der Waals surface area contributed by atoms with E-state index in [9.17, 15) is 14.7 Å². The van der Waals surface area contributed by atoms with E-state index in [2.05, 4.69) is 20.2 Å². The molecule has 4 aromatic heterocycles. The highest BCUT2D eigenvalue weighted by atomic mass is 16.6. The molecule has 33 heavy (non-hydrogen) atoms. The van der Waals surface area contributed by atoms with Gasteiger partial charge in [0, 0.05) is 28.6 Å². The predicted octanol–water partition coefficient (Wildman–Crippen LogP) is 3.14. The Morgan fingerprint density at radius 2 is 1.79 bits per heavy atom. The van der Waals surface area contributed by atoms with Crippen LogP contribution >= 0.6 is 0 Å². The van der Waals surface area contributed by atoms with Crippen molar-refractivity contribution in [3.63, 3.8) is 0 Å². The van der Waals surface area contributed by atoms with Crippen molar-refractivity contribution in [1.29, 1.82) is 0 Å². The number of hydrogen-bond acceptors (Lipinski definition) is 7. The summed E-state index contributed by atoms with van der Waals surface area (Å²) in [6.07, 6.45) is 1.68. The first-order valence-corrected chi connectivity index (χ1v) is 10.2. The van der Waals surface area contributed by atoms with Crippen molar-refractivity contribution >= 4 is 44.0 Å². The number of phenols is 1. The first-order valence-electron chi connectivity index (χ1n) is 10.2. The molecule has 6 aromatic rings. The van der Waals surface area contributed by atoms with Gasteiger partial charge in [-0.2, -0.15) is 0 Å². The Kier molecular flexibility index (Phi) is 3.34. The molecule has 0 aliphatic carbocycles. The number of rotatable bonds is 1. The number of H-pyrrole nitrogens is 3. The minimum absolute atomic E-state index is 0.0275. The third-order valence-electron chi connectivity index (χ3n) is 5.93. The van der Waals surface area contributed by atoms with Gasteiger partial charge in [-0.05, 0) is 24.3 Å². The topological polar surface area (TPSA) is 146 Å². The SMILES string of the molecule is O=c1ccc2c(oc3c(-c4cc5cc6c(cc5[nH]c4=O)OCCO6)c4c[nH][nH]c4nc32)c1O. The van der Waals surface area contributed by atoms with Crippen molar-refractivity contribution in [1.82, 2.24) is 20.2 Å². The number of furan rings is 1. The number of aromatic nitrogens is 4. The van der Waals surface area contributed by atoms with Gasteiger partial charge < -0.3 is 29.1 Å². The van der Waals surface area contributed by atoms with Crippen molar-refractivity contribution in [3.8, 4) is 28.4 Å². The zero-order valence-corrected chi connectivity index (χ0v) is 16.8. The minimum Gasteiger partial charge on any atom is -0.502 e. The Morgan fingerprint density at radius 1 is 0.970 bits per heavy atom. The fraction of sp³-hybridized carbons (Fsp3) is 0.0870. The summed E-state index contributed by atoms with van der Waals surface area (Å²) in [5, 5.41) is 18.0. The van der Waals surface area contributed by atoms with E-state index in [-0.39, 0.29) is 16.7 Å². The van der Waals surface area contributed by atoms with E-state index in [1.807, 2.05) is 6.07 Å². The summed E-state index contributed by atoms with van der Waals surface area (Å²) in [7, 11) is 0. The van der Waals surface area contributed by atoms with Gasteiger partial charge in [-0.1, -0.05) is 0 Å². The van der Waals surface area contributed by atoms with E-state index in [0.29, 0.717) is 63.3 Å². The molecule has 0 saturated heterocycles. The van der Waals surface area contributed by atoms with Crippen LogP contribution in [0.2, 0.25) is 0 Å². The van der Waals surface area contributed by atoms with Gasteiger partial charge in [0.05, 0.1) is 16.5 Å². The molecule has 0 fully saturated rings. The molecular weight excluding hydrogens is 428 g/mol. The first-order chi connectivity index (χ1) is 16.1.